The van der Waals surface area contributed by atoms with Gasteiger partial charge < -0.3 is 20.5 Å². The summed E-state index contributed by atoms with van der Waals surface area (Å²) >= 11 is 0. The molecule has 112 valence electrons. The minimum Gasteiger partial charge on any atom is -0.447 e. The van der Waals surface area contributed by atoms with Gasteiger partial charge in [0.1, 0.15) is 6.61 Å². The highest BCUT2D eigenvalue weighted by Crippen LogP contribution is 2.22. The standard InChI is InChI=1S/C14H17N3O4/c18-11-7-12(15-8-11)13(19)16-9-2-1-3-10(6-9)17-4-5-21-14(17)20/h1-3,6,11-12,15,18H,4-5,7-8H2,(H,16,19). The van der Waals surface area contributed by atoms with E-state index in [0.29, 0.717) is 37.5 Å². The van der Waals surface area contributed by atoms with Crippen molar-refractivity contribution in [2.45, 2.75) is 18.6 Å². The molecular weight excluding hydrogens is 274 g/mol. The van der Waals surface area contributed by atoms with Crippen molar-refractivity contribution in [3.05, 3.63) is 24.3 Å². The van der Waals surface area contributed by atoms with Crippen LogP contribution in [0, 0.1) is 0 Å². The number of anilines is 2. The van der Waals surface area contributed by atoms with E-state index in [2.05, 4.69) is 10.6 Å². The SMILES string of the molecule is O=C(Nc1cccc(N2CCOC2=O)c1)C1CC(O)CN1. The van der Waals surface area contributed by atoms with Gasteiger partial charge in [-0.3, -0.25) is 9.69 Å². The molecule has 1 aromatic rings. The lowest BCUT2D eigenvalue weighted by molar-refractivity contribution is -0.117. The molecule has 2 amide bonds. The number of β-amino-alcohol motifs (C(OH)–C–C–N with tert-alkyl or cyclic N) is 1. The number of nitrogens with zero attached hydrogens (tertiary/aromatic N) is 1. The second-order valence-corrected chi connectivity index (χ2v) is 5.16. The lowest BCUT2D eigenvalue weighted by Gasteiger charge is -2.15. The number of carbonyl (C=O) groups is 2. The van der Waals surface area contributed by atoms with Crippen molar-refractivity contribution in [2.24, 2.45) is 0 Å². The third kappa shape index (κ3) is 2.98. The highest BCUT2D eigenvalue weighted by Gasteiger charge is 2.28. The van der Waals surface area contributed by atoms with Gasteiger partial charge in [0.2, 0.25) is 5.91 Å². The van der Waals surface area contributed by atoms with Crippen molar-refractivity contribution >= 4 is 23.4 Å². The highest BCUT2D eigenvalue weighted by molar-refractivity contribution is 5.96. The molecule has 2 fully saturated rings. The summed E-state index contributed by atoms with van der Waals surface area (Å²) in [7, 11) is 0. The first kappa shape index (κ1) is 13.8. The predicted molar refractivity (Wildman–Crippen MR) is 76.2 cm³/mol. The van der Waals surface area contributed by atoms with Crippen LogP contribution in [0.1, 0.15) is 6.42 Å². The molecule has 3 N–H and O–H groups in total. The maximum Gasteiger partial charge on any atom is 0.414 e. The number of cyclic esters (lactones) is 1. The van der Waals surface area contributed by atoms with Crippen LogP contribution in [-0.4, -0.2) is 48.9 Å². The minimum atomic E-state index is -0.480. The number of hydrogen-bond donors (Lipinski definition) is 3. The Balaban J connectivity index is 1.68. The minimum absolute atomic E-state index is 0.187. The van der Waals surface area contributed by atoms with Gasteiger partial charge in [-0.2, -0.15) is 0 Å². The van der Waals surface area contributed by atoms with Crippen molar-refractivity contribution in [3.63, 3.8) is 0 Å². The molecule has 1 aromatic carbocycles. The monoisotopic (exact) mass is 291 g/mol. The Morgan fingerprint density at radius 2 is 2.33 bits per heavy atom. The van der Waals surface area contributed by atoms with Gasteiger partial charge in [-0.05, 0) is 24.6 Å². The molecule has 2 atom stereocenters. The third-order valence-corrected chi connectivity index (χ3v) is 3.61. The number of ether oxygens (including phenoxy) is 1. The van der Waals surface area contributed by atoms with Crippen LogP contribution in [0.5, 0.6) is 0 Å². The van der Waals surface area contributed by atoms with E-state index in [4.69, 9.17) is 4.74 Å². The van der Waals surface area contributed by atoms with Gasteiger partial charge in [0.25, 0.3) is 0 Å². The summed E-state index contributed by atoms with van der Waals surface area (Å²) in [6, 6.07) is 6.66. The zero-order valence-corrected chi connectivity index (χ0v) is 11.4. The van der Waals surface area contributed by atoms with E-state index >= 15 is 0 Å². The number of hydrogen-bond acceptors (Lipinski definition) is 5. The number of rotatable bonds is 3. The molecule has 0 aliphatic carbocycles. The van der Waals surface area contributed by atoms with Crippen LogP contribution in [0.15, 0.2) is 24.3 Å². The number of nitrogens with one attached hydrogen (secondary N) is 2. The Bertz CT molecular complexity index is 563. The van der Waals surface area contributed by atoms with Crippen LogP contribution >= 0.6 is 0 Å². The predicted octanol–water partition coefficient (Wildman–Crippen LogP) is 0.304. The van der Waals surface area contributed by atoms with Crippen molar-refractivity contribution in [3.8, 4) is 0 Å². The van der Waals surface area contributed by atoms with E-state index in [1.165, 1.54) is 4.90 Å². The fraction of sp³-hybridized carbons (Fsp3) is 0.429. The Hall–Kier alpha value is -2.12. The molecule has 2 unspecified atom stereocenters. The summed E-state index contributed by atoms with van der Waals surface area (Å²) in [5.74, 6) is -0.187. The number of benzene rings is 1. The number of carbonyl (C=O) groups excluding carboxylic acids is 2. The molecule has 0 spiro atoms. The summed E-state index contributed by atoms with van der Waals surface area (Å²) in [5.41, 5.74) is 1.30. The first-order valence-corrected chi connectivity index (χ1v) is 6.90. The average Bonchev–Trinajstić information content (AvgIpc) is 3.08. The first-order valence-electron chi connectivity index (χ1n) is 6.90. The van der Waals surface area contributed by atoms with E-state index in [1.54, 1.807) is 24.3 Å². The summed E-state index contributed by atoms with van der Waals surface area (Å²) < 4.78 is 4.90. The average molecular weight is 291 g/mol. The third-order valence-electron chi connectivity index (χ3n) is 3.61. The van der Waals surface area contributed by atoms with Gasteiger partial charge in [-0.25, -0.2) is 4.79 Å². The molecular formula is C14H17N3O4. The van der Waals surface area contributed by atoms with Gasteiger partial charge in [0.15, 0.2) is 0 Å². The van der Waals surface area contributed by atoms with Gasteiger partial charge in [0, 0.05) is 17.9 Å². The smallest absolute Gasteiger partial charge is 0.414 e. The van der Waals surface area contributed by atoms with E-state index in [-0.39, 0.29) is 18.0 Å². The number of aliphatic hydroxyl groups excluding tert-OH is 1. The van der Waals surface area contributed by atoms with E-state index in [0.717, 1.165) is 0 Å². The molecule has 3 rings (SSSR count). The normalized spacial score (nSPS) is 25.0. The van der Waals surface area contributed by atoms with Crippen molar-refractivity contribution in [2.75, 3.05) is 29.9 Å². The number of aliphatic hydroxyl groups is 1. The van der Waals surface area contributed by atoms with Gasteiger partial charge >= 0.3 is 6.09 Å². The Kier molecular flexibility index (Phi) is 3.76. The Morgan fingerprint density at radius 3 is 3.00 bits per heavy atom. The quantitative estimate of drug-likeness (QED) is 0.745. The largest absolute Gasteiger partial charge is 0.447 e. The molecule has 0 bridgehead atoms. The summed E-state index contributed by atoms with van der Waals surface area (Å²) in [6.45, 7) is 1.31. The molecule has 2 saturated heterocycles. The summed E-state index contributed by atoms with van der Waals surface area (Å²) in [4.78, 5) is 25.1. The van der Waals surface area contributed by atoms with Crippen molar-refractivity contribution < 1.29 is 19.4 Å². The molecule has 0 aromatic heterocycles. The first-order chi connectivity index (χ1) is 10.1. The van der Waals surface area contributed by atoms with Crippen LogP contribution in [0.2, 0.25) is 0 Å². The molecule has 2 heterocycles. The van der Waals surface area contributed by atoms with Crippen LogP contribution in [0.4, 0.5) is 16.2 Å². The van der Waals surface area contributed by atoms with E-state index < -0.39 is 6.10 Å². The van der Waals surface area contributed by atoms with Crippen LogP contribution in [-0.2, 0) is 9.53 Å². The Morgan fingerprint density at radius 1 is 1.48 bits per heavy atom. The second kappa shape index (κ2) is 5.71. The highest BCUT2D eigenvalue weighted by atomic mass is 16.6. The molecule has 2 aliphatic heterocycles. The topological polar surface area (TPSA) is 90.9 Å². The molecule has 7 nitrogen and oxygen atoms in total. The molecule has 21 heavy (non-hydrogen) atoms. The lowest BCUT2D eigenvalue weighted by Crippen LogP contribution is -2.35. The lowest BCUT2D eigenvalue weighted by atomic mass is 10.2. The molecule has 0 saturated carbocycles. The van der Waals surface area contributed by atoms with Gasteiger partial charge in [-0.15, -0.1) is 0 Å². The molecule has 2 aliphatic rings. The second-order valence-electron chi connectivity index (χ2n) is 5.16. The van der Waals surface area contributed by atoms with Gasteiger partial charge in [-0.1, -0.05) is 6.07 Å². The van der Waals surface area contributed by atoms with Crippen molar-refractivity contribution in [1.29, 1.82) is 0 Å². The van der Waals surface area contributed by atoms with E-state index in [9.17, 15) is 14.7 Å². The molecule has 0 radical (unpaired) electrons. The summed E-state index contributed by atoms with van der Waals surface area (Å²) in [6.07, 6.45) is -0.449. The maximum atomic E-state index is 12.1. The van der Waals surface area contributed by atoms with E-state index in [1.807, 2.05) is 0 Å². The van der Waals surface area contributed by atoms with Crippen LogP contribution in [0.25, 0.3) is 0 Å². The van der Waals surface area contributed by atoms with Crippen LogP contribution in [0.3, 0.4) is 0 Å². The zero-order valence-electron chi connectivity index (χ0n) is 11.4. The summed E-state index contributed by atoms with van der Waals surface area (Å²) in [5, 5.41) is 15.2. The Labute approximate surface area is 121 Å². The maximum absolute atomic E-state index is 12.1. The molecule has 7 heteroatoms. The van der Waals surface area contributed by atoms with Gasteiger partial charge in [0.05, 0.1) is 18.7 Å². The van der Waals surface area contributed by atoms with Crippen LogP contribution < -0.4 is 15.5 Å². The van der Waals surface area contributed by atoms with Crippen molar-refractivity contribution in [1.82, 2.24) is 5.32 Å². The zero-order chi connectivity index (χ0) is 14.8. The fourth-order valence-corrected chi connectivity index (χ4v) is 2.53. The number of amides is 2. The fourth-order valence-electron chi connectivity index (χ4n) is 2.53.